The maximum Gasteiger partial charge on any atom is 0.0703 e. The molecule has 1 aliphatic heterocycles. The third-order valence-electron chi connectivity index (χ3n) is 3.08. The summed E-state index contributed by atoms with van der Waals surface area (Å²) in [5, 5.41) is 3.53. The van der Waals surface area contributed by atoms with Crippen molar-refractivity contribution < 1.29 is 9.47 Å². The number of rotatable bonds is 6. The third-order valence-corrected chi connectivity index (χ3v) is 3.08. The molecule has 0 saturated carbocycles. The molecule has 15 heavy (non-hydrogen) atoms. The van der Waals surface area contributed by atoms with Crippen molar-refractivity contribution in [2.75, 3.05) is 26.4 Å². The quantitative estimate of drug-likeness (QED) is 0.733. The van der Waals surface area contributed by atoms with Crippen LogP contribution in [0.1, 0.15) is 33.6 Å². The summed E-state index contributed by atoms with van der Waals surface area (Å²) in [6.07, 6.45) is 2.72. The van der Waals surface area contributed by atoms with Crippen molar-refractivity contribution in [3.05, 3.63) is 0 Å². The molecule has 0 radical (unpaired) electrons. The number of ether oxygens (including phenoxy) is 2. The normalized spacial score (nSPS) is 26.2. The Hall–Kier alpha value is -0.120. The molecule has 1 rings (SSSR count). The van der Waals surface area contributed by atoms with Crippen LogP contribution in [-0.4, -0.2) is 38.5 Å². The van der Waals surface area contributed by atoms with Crippen LogP contribution in [0.4, 0.5) is 0 Å². The Bertz CT molecular complexity index is 158. The van der Waals surface area contributed by atoms with Gasteiger partial charge in [-0.25, -0.2) is 0 Å². The Kier molecular flexibility index (Phi) is 6.22. The molecular weight excluding hydrogens is 190 g/mol. The predicted molar refractivity (Wildman–Crippen MR) is 62.1 cm³/mol. The van der Waals surface area contributed by atoms with Crippen LogP contribution in [0.5, 0.6) is 0 Å². The van der Waals surface area contributed by atoms with Crippen LogP contribution in [0.2, 0.25) is 0 Å². The molecular formula is C12H25NO2. The monoisotopic (exact) mass is 215 g/mol. The SMILES string of the molecule is CCNC(C1CCCOC1)C(C)OCC. The second-order valence-electron chi connectivity index (χ2n) is 4.22. The van der Waals surface area contributed by atoms with E-state index >= 15 is 0 Å². The Morgan fingerprint density at radius 1 is 1.47 bits per heavy atom. The first-order chi connectivity index (χ1) is 7.29. The van der Waals surface area contributed by atoms with Crippen molar-refractivity contribution >= 4 is 0 Å². The molecule has 3 nitrogen and oxygen atoms in total. The third kappa shape index (κ3) is 4.09. The highest BCUT2D eigenvalue weighted by atomic mass is 16.5. The maximum absolute atomic E-state index is 5.69. The number of hydrogen-bond acceptors (Lipinski definition) is 3. The zero-order chi connectivity index (χ0) is 11.1. The Morgan fingerprint density at radius 3 is 2.80 bits per heavy atom. The minimum atomic E-state index is 0.279. The molecule has 0 amide bonds. The molecule has 90 valence electrons. The minimum absolute atomic E-state index is 0.279. The van der Waals surface area contributed by atoms with Gasteiger partial charge in [-0.2, -0.15) is 0 Å². The highest BCUT2D eigenvalue weighted by Crippen LogP contribution is 2.20. The fourth-order valence-corrected chi connectivity index (χ4v) is 2.37. The van der Waals surface area contributed by atoms with Gasteiger partial charge in [0.05, 0.1) is 12.7 Å². The summed E-state index contributed by atoms with van der Waals surface area (Å²) in [5.74, 6) is 0.611. The molecule has 3 atom stereocenters. The summed E-state index contributed by atoms with van der Waals surface area (Å²) < 4.78 is 11.2. The molecule has 1 aliphatic rings. The van der Waals surface area contributed by atoms with Gasteiger partial charge in [-0.3, -0.25) is 0 Å². The van der Waals surface area contributed by atoms with E-state index < -0.39 is 0 Å². The summed E-state index contributed by atoms with van der Waals surface area (Å²) in [4.78, 5) is 0. The van der Waals surface area contributed by atoms with E-state index in [4.69, 9.17) is 9.47 Å². The van der Waals surface area contributed by atoms with Crippen LogP contribution in [0.15, 0.2) is 0 Å². The summed E-state index contributed by atoms with van der Waals surface area (Å²) in [7, 11) is 0. The average Bonchev–Trinajstić information content (AvgIpc) is 2.27. The number of hydrogen-bond donors (Lipinski definition) is 1. The topological polar surface area (TPSA) is 30.5 Å². The van der Waals surface area contributed by atoms with Gasteiger partial charge in [0, 0.05) is 25.2 Å². The van der Waals surface area contributed by atoms with Crippen molar-refractivity contribution in [3.8, 4) is 0 Å². The first kappa shape index (κ1) is 12.9. The van der Waals surface area contributed by atoms with Gasteiger partial charge < -0.3 is 14.8 Å². The zero-order valence-corrected chi connectivity index (χ0v) is 10.3. The maximum atomic E-state index is 5.69. The molecule has 0 spiro atoms. The smallest absolute Gasteiger partial charge is 0.0703 e. The molecule has 1 N–H and O–H groups in total. The summed E-state index contributed by atoms with van der Waals surface area (Å²) in [6, 6.07) is 0.440. The van der Waals surface area contributed by atoms with Gasteiger partial charge in [-0.15, -0.1) is 0 Å². The lowest BCUT2D eigenvalue weighted by atomic mass is 9.90. The first-order valence-corrected chi connectivity index (χ1v) is 6.22. The van der Waals surface area contributed by atoms with Gasteiger partial charge in [-0.1, -0.05) is 6.92 Å². The van der Waals surface area contributed by atoms with Gasteiger partial charge in [-0.05, 0) is 33.2 Å². The number of likely N-dealkylation sites (N-methyl/N-ethyl adjacent to an activating group) is 1. The van der Waals surface area contributed by atoms with Crippen LogP contribution in [-0.2, 0) is 9.47 Å². The van der Waals surface area contributed by atoms with Crippen LogP contribution in [0.25, 0.3) is 0 Å². The van der Waals surface area contributed by atoms with Gasteiger partial charge in [0.2, 0.25) is 0 Å². The van der Waals surface area contributed by atoms with Gasteiger partial charge >= 0.3 is 0 Å². The summed E-state index contributed by atoms with van der Waals surface area (Å²) in [6.45, 7) is 9.96. The standard InChI is InChI=1S/C12H25NO2/c1-4-13-12(10(3)15-5-2)11-7-6-8-14-9-11/h10-13H,4-9H2,1-3H3. The summed E-state index contributed by atoms with van der Waals surface area (Å²) in [5.41, 5.74) is 0. The van der Waals surface area contributed by atoms with Crippen LogP contribution in [0.3, 0.4) is 0 Å². The van der Waals surface area contributed by atoms with E-state index in [9.17, 15) is 0 Å². The highest BCUT2D eigenvalue weighted by Gasteiger charge is 2.28. The second-order valence-corrected chi connectivity index (χ2v) is 4.22. The Morgan fingerprint density at radius 2 is 2.27 bits per heavy atom. The van der Waals surface area contributed by atoms with Crippen LogP contribution >= 0.6 is 0 Å². The molecule has 1 saturated heterocycles. The molecule has 0 aliphatic carbocycles. The van der Waals surface area contributed by atoms with Gasteiger partial charge in [0.25, 0.3) is 0 Å². The van der Waals surface area contributed by atoms with Crippen molar-refractivity contribution in [1.29, 1.82) is 0 Å². The molecule has 0 bridgehead atoms. The van der Waals surface area contributed by atoms with E-state index in [1.807, 2.05) is 0 Å². The molecule has 3 heteroatoms. The lowest BCUT2D eigenvalue weighted by Crippen LogP contribution is -2.48. The Balaban J connectivity index is 2.46. The zero-order valence-electron chi connectivity index (χ0n) is 10.3. The fraction of sp³-hybridized carbons (Fsp3) is 1.00. The van der Waals surface area contributed by atoms with Gasteiger partial charge in [0.15, 0.2) is 0 Å². The lowest BCUT2D eigenvalue weighted by Gasteiger charge is -2.34. The van der Waals surface area contributed by atoms with Gasteiger partial charge in [0.1, 0.15) is 0 Å². The molecule has 0 aromatic carbocycles. The van der Waals surface area contributed by atoms with Crippen LogP contribution < -0.4 is 5.32 Å². The van der Waals surface area contributed by atoms with E-state index in [0.717, 1.165) is 26.4 Å². The molecule has 0 aromatic rings. The molecule has 0 aromatic heterocycles. The van der Waals surface area contributed by atoms with Crippen molar-refractivity contribution in [2.24, 2.45) is 5.92 Å². The molecule has 1 heterocycles. The highest BCUT2D eigenvalue weighted by molar-refractivity contribution is 4.83. The van der Waals surface area contributed by atoms with Crippen molar-refractivity contribution in [2.45, 2.75) is 45.8 Å². The second kappa shape index (κ2) is 7.20. The summed E-state index contributed by atoms with van der Waals surface area (Å²) >= 11 is 0. The predicted octanol–water partition coefficient (Wildman–Crippen LogP) is 1.82. The van der Waals surface area contributed by atoms with E-state index in [0.29, 0.717) is 12.0 Å². The Labute approximate surface area is 93.5 Å². The minimum Gasteiger partial charge on any atom is -0.381 e. The lowest BCUT2D eigenvalue weighted by molar-refractivity contribution is -0.0151. The van der Waals surface area contributed by atoms with E-state index in [2.05, 4.69) is 26.1 Å². The number of nitrogens with one attached hydrogen (secondary N) is 1. The van der Waals surface area contributed by atoms with Crippen molar-refractivity contribution in [1.82, 2.24) is 5.32 Å². The molecule has 1 fully saturated rings. The van der Waals surface area contributed by atoms with Crippen molar-refractivity contribution in [3.63, 3.8) is 0 Å². The first-order valence-electron chi connectivity index (χ1n) is 6.22. The molecule has 3 unspecified atom stereocenters. The van der Waals surface area contributed by atoms with E-state index in [1.54, 1.807) is 0 Å². The van der Waals surface area contributed by atoms with E-state index in [-0.39, 0.29) is 6.10 Å². The van der Waals surface area contributed by atoms with E-state index in [1.165, 1.54) is 12.8 Å². The fourth-order valence-electron chi connectivity index (χ4n) is 2.37. The average molecular weight is 215 g/mol. The largest absolute Gasteiger partial charge is 0.381 e. The van der Waals surface area contributed by atoms with Crippen LogP contribution in [0, 0.1) is 5.92 Å².